The SMILES string of the molecule is COc1ccc(C(N)c2ccc(Br)cc2C)c(OC)c1. The van der Waals surface area contributed by atoms with Gasteiger partial charge in [0.25, 0.3) is 0 Å². The summed E-state index contributed by atoms with van der Waals surface area (Å²) >= 11 is 3.47. The van der Waals surface area contributed by atoms with Crippen LogP contribution < -0.4 is 15.2 Å². The number of nitrogens with two attached hydrogens (primary N) is 1. The Morgan fingerprint density at radius 1 is 1.00 bits per heavy atom. The lowest BCUT2D eigenvalue weighted by atomic mass is 9.95. The minimum Gasteiger partial charge on any atom is -0.497 e. The van der Waals surface area contributed by atoms with Crippen molar-refractivity contribution in [1.29, 1.82) is 0 Å². The van der Waals surface area contributed by atoms with Gasteiger partial charge in [0.1, 0.15) is 11.5 Å². The molecule has 1 unspecified atom stereocenters. The monoisotopic (exact) mass is 335 g/mol. The van der Waals surface area contributed by atoms with Crippen LogP contribution in [0.4, 0.5) is 0 Å². The fourth-order valence-electron chi connectivity index (χ4n) is 2.23. The molecule has 0 spiro atoms. The van der Waals surface area contributed by atoms with Crippen molar-refractivity contribution in [1.82, 2.24) is 0 Å². The lowest BCUT2D eigenvalue weighted by Gasteiger charge is -2.19. The van der Waals surface area contributed by atoms with Gasteiger partial charge in [-0.2, -0.15) is 0 Å². The number of hydrogen-bond donors (Lipinski definition) is 1. The van der Waals surface area contributed by atoms with E-state index >= 15 is 0 Å². The molecule has 0 saturated carbocycles. The molecule has 1 atom stereocenters. The normalized spacial score (nSPS) is 12.1. The van der Waals surface area contributed by atoms with E-state index in [-0.39, 0.29) is 6.04 Å². The molecule has 4 heteroatoms. The second-order valence-corrected chi connectivity index (χ2v) is 5.50. The smallest absolute Gasteiger partial charge is 0.127 e. The minimum atomic E-state index is -0.232. The summed E-state index contributed by atoms with van der Waals surface area (Å²) in [5, 5.41) is 0. The molecule has 2 rings (SSSR count). The first kappa shape index (κ1) is 14.9. The highest BCUT2D eigenvalue weighted by atomic mass is 79.9. The van der Waals surface area contributed by atoms with Crippen LogP contribution in [0.1, 0.15) is 22.7 Å². The molecule has 0 saturated heterocycles. The summed E-state index contributed by atoms with van der Waals surface area (Å²) < 4.78 is 11.7. The van der Waals surface area contributed by atoms with E-state index in [0.29, 0.717) is 0 Å². The van der Waals surface area contributed by atoms with Crippen LogP contribution in [0.2, 0.25) is 0 Å². The maximum absolute atomic E-state index is 6.40. The number of aryl methyl sites for hydroxylation is 1. The van der Waals surface area contributed by atoms with Gasteiger partial charge >= 0.3 is 0 Å². The van der Waals surface area contributed by atoms with Crippen LogP contribution >= 0.6 is 15.9 Å². The van der Waals surface area contributed by atoms with E-state index in [1.165, 1.54) is 0 Å². The molecule has 2 aromatic carbocycles. The molecule has 0 amide bonds. The van der Waals surface area contributed by atoms with Crippen LogP contribution in [0.15, 0.2) is 40.9 Å². The molecule has 0 aliphatic rings. The molecule has 2 N–H and O–H groups in total. The minimum absolute atomic E-state index is 0.232. The number of hydrogen-bond acceptors (Lipinski definition) is 3. The summed E-state index contributed by atoms with van der Waals surface area (Å²) in [6.45, 7) is 2.05. The van der Waals surface area contributed by atoms with E-state index in [2.05, 4.69) is 28.9 Å². The van der Waals surface area contributed by atoms with Gasteiger partial charge in [0, 0.05) is 16.1 Å². The first-order chi connectivity index (χ1) is 9.56. The molecule has 2 aromatic rings. The second kappa shape index (κ2) is 6.29. The summed E-state index contributed by atoms with van der Waals surface area (Å²) in [6.07, 6.45) is 0. The van der Waals surface area contributed by atoms with Gasteiger partial charge < -0.3 is 15.2 Å². The lowest BCUT2D eigenvalue weighted by Crippen LogP contribution is -2.14. The van der Waals surface area contributed by atoms with Crippen LogP contribution in [0.25, 0.3) is 0 Å². The van der Waals surface area contributed by atoms with Crippen LogP contribution in [0.5, 0.6) is 11.5 Å². The van der Waals surface area contributed by atoms with Gasteiger partial charge in [0.2, 0.25) is 0 Å². The Kier molecular flexibility index (Phi) is 4.68. The average molecular weight is 336 g/mol. The zero-order valence-corrected chi connectivity index (χ0v) is 13.4. The van der Waals surface area contributed by atoms with Crippen LogP contribution in [-0.2, 0) is 0 Å². The Labute approximate surface area is 127 Å². The van der Waals surface area contributed by atoms with E-state index in [0.717, 1.165) is 32.7 Å². The van der Waals surface area contributed by atoms with Crippen molar-refractivity contribution in [3.63, 3.8) is 0 Å². The summed E-state index contributed by atoms with van der Waals surface area (Å²) in [6, 6.07) is 11.6. The largest absolute Gasteiger partial charge is 0.497 e. The topological polar surface area (TPSA) is 44.5 Å². The summed E-state index contributed by atoms with van der Waals surface area (Å²) in [5.41, 5.74) is 9.57. The molecule has 0 fully saturated rings. The zero-order valence-electron chi connectivity index (χ0n) is 11.8. The molecule has 0 bridgehead atoms. The van der Waals surface area contributed by atoms with E-state index in [4.69, 9.17) is 15.2 Å². The predicted molar refractivity (Wildman–Crippen MR) is 84.5 cm³/mol. The van der Waals surface area contributed by atoms with Crippen LogP contribution in [0, 0.1) is 6.92 Å². The first-order valence-corrected chi connectivity index (χ1v) is 7.09. The third-order valence-corrected chi connectivity index (χ3v) is 3.84. The number of ether oxygens (including phenoxy) is 2. The number of benzene rings is 2. The van der Waals surface area contributed by atoms with Crippen LogP contribution in [-0.4, -0.2) is 14.2 Å². The highest BCUT2D eigenvalue weighted by molar-refractivity contribution is 9.10. The molecular weight excluding hydrogens is 318 g/mol. The molecule has 0 aliphatic heterocycles. The first-order valence-electron chi connectivity index (χ1n) is 6.30. The van der Waals surface area contributed by atoms with Gasteiger partial charge in [-0.3, -0.25) is 0 Å². The molecule has 0 radical (unpaired) electrons. The Bertz CT molecular complexity index is 613. The molecule has 0 heterocycles. The fraction of sp³-hybridized carbons (Fsp3) is 0.250. The Morgan fingerprint density at radius 2 is 1.70 bits per heavy atom. The third kappa shape index (κ3) is 2.97. The number of rotatable bonds is 4. The number of methoxy groups -OCH3 is 2. The molecule has 20 heavy (non-hydrogen) atoms. The van der Waals surface area contributed by atoms with E-state index in [1.54, 1.807) is 14.2 Å². The molecule has 106 valence electrons. The Morgan fingerprint density at radius 3 is 2.30 bits per heavy atom. The third-order valence-electron chi connectivity index (χ3n) is 3.34. The van der Waals surface area contributed by atoms with E-state index in [9.17, 15) is 0 Å². The molecule has 3 nitrogen and oxygen atoms in total. The van der Waals surface area contributed by atoms with Gasteiger partial charge in [-0.25, -0.2) is 0 Å². The van der Waals surface area contributed by atoms with E-state index in [1.807, 2.05) is 30.3 Å². The van der Waals surface area contributed by atoms with Crippen molar-refractivity contribution >= 4 is 15.9 Å². The van der Waals surface area contributed by atoms with E-state index < -0.39 is 0 Å². The standard InChI is InChI=1S/C16H18BrNO2/c1-10-8-11(17)4-6-13(10)16(18)14-7-5-12(19-2)9-15(14)20-3/h4-9,16H,18H2,1-3H3. The second-order valence-electron chi connectivity index (χ2n) is 4.59. The Balaban J connectivity index is 2.44. The Hall–Kier alpha value is -1.52. The van der Waals surface area contributed by atoms with Gasteiger partial charge in [-0.15, -0.1) is 0 Å². The van der Waals surface area contributed by atoms with Crippen molar-refractivity contribution in [3.8, 4) is 11.5 Å². The van der Waals surface area contributed by atoms with Crippen molar-refractivity contribution in [3.05, 3.63) is 57.6 Å². The summed E-state index contributed by atoms with van der Waals surface area (Å²) in [7, 11) is 3.27. The molecule has 0 aliphatic carbocycles. The average Bonchev–Trinajstić information content (AvgIpc) is 2.46. The highest BCUT2D eigenvalue weighted by Crippen LogP contribution is 2.33. The van der Waals surface area contributed by atoms with Gasteiger partial charge in [-0.05, 0) is 42.3 Å². The van der Waals surface area contributed by atoms with Crippen molar-refractivity contribution in [2.75, 3.05) is 14.2 Å². The van der Waals surface area contributed by atoms with Crippen LogP contribution in [0.3, 0.4) is 0 Å². The van der Waals surface area contributed by atoms with Crippen molar-refractivity contribution in [2.24, 2.45) is 5.73 Å². The lowest BCUT2D eigenvalue weighted by molar-refractivity contribution is 0.390. The van der Waals surface area contributed by atoms with Gasteiger partial charge in [-0.1, -0.05) is 22.0 Å². The maximum Gasteiger partial charge on any atom is 0.127 e. The maximum atomic E-state index is 6.40. The molecular formula is C16H18BrNO2. The zero-order chi connectivity index (χ0) is 14.7. The van der Waals surface area contributed by atoms with Crippen molar-refractivity contribution in [2.45, 2.75) is 13.0 Å². The predicted octanol–water partition coefficient (Wildman–Crippen LogP) is 3.82. The fourth-order valence-corrected chi connectivity index (χ4v) is 2.71. The summed E-state index contributed by atoms with van der Waals surface area (Å²) in [5.74, 6) is 1.49. The summed E-state index contributed by atoms with van der Waals surface area (Å²) in [4.78, 5) is 0. The number of halogens is 1. The molecule has 0 aromatic heterocycles. The highest BCUT2D eigenvalue weighted by Gasteiger charge is 2.16. The van der Waals surface area contributed by atoms with Gasteiger partial charge in [0.05, 0.1) is 20.3 Å². The quantitative estimate of drug-likeness (QED) is 0.923. The van der Waals surface area contributed by atoms with Crippen molar-refractivity contribution < 1.29 is 9.47 Å². The van der Waals surface area contributed by atoms with Gasteiger partial charge in [0.15, 0.2) is 0 Å².